The summed E-state index contributed by atoms with van der Waals surface area (Å²) in [5.74, 6) is -2.42. The number of hydrogen-bond donors (Lipinski definition) is 0. The largest absolute Gasteiger partial charge is 0.459 e. The molecule has 0 spiro atoms. The summed E-state index contributed by atoms with van der Waals surface area (Å²) in [6.45, 7) is 4.75. The molecule has 126 valence electrons. The van der Waals surface area contributed by atoms with Gasteiger partial charge in [0.05, 0.1) is 6.10 Å². The second-order valence-electron chi connectivity index (χ2n) is 5.61. The van der Waals surface area contributed by atoms with Crippen LogP contribution in [-0.4, -0.2) is 36.1 Å². The molecule has 1 aliphatic carbocycles. The predicted molar refractivity (Wildman–Crippen MR) is 61.7 cm³/mol. The molecule has 3 atom stereocenters. The van der Waals surface area contributed by atoms with Gasteiger partial charge < -0.3 is 9.47 Å². The zero-order valence-electron chi connectivity index (χ0n) is 11.6. The van der Waals surface area contributed by atoms with Gasteiger partial charge in [-0.3, -0.25) is 0 Å². The van der Waals surface area contributed by atoms with Gasteiger partial charge in [0, 0.05) is 17.9 Å². The summed E-state index contributed by atoms with van der Waals surface area (Å²) >= 11 is 0. The maximum Gasteiger partial charge on any atom is 0.426 e. The molecule has 1 saturated heterocycles. The van der Waals surface area contributed by atoms with Gasteiger partial charge in [-0.05, 0) is 19.8 Å². The number of carbonyl (C=O) groups is 1. The average molecular weight is 332 g/mol. The maximum atomic E-state index is 12.9. The fraction of sp³-hybridized carbons (Fsp3) is 0.769. The minimum Gasteiger partial charge on any atom is -0.459 e. The first-order valence-electron chi connectivity index (χ1n) is 6.58. The van der Waals surface area contributed by atoms with Crippen LogP contribution in [0.3, 0.4) is 0 Å². The summed E-state index contributed by atoms with van der Waals surface area (Å²) in [5, 5.41) is 0. The lowest BCUT2D eigenvalue weighted by atomic mass is 9.67. The Morgan fingerprint density at radius 3 is 2.14 bits per heavy atom. The molecule has 0 bridgehead atoms. The molecule has 0 radical (unpaired) electrons. The van der Waals surface area contributed by atoms with Crippen LogP contribution in [0.5, 0.6) is 0 Å². The van der Waals surface area contributed by atoms with Crippen molar-refractivity contribution in [2.45, 2.75) is 56.3 Å². The average Bonchev–Trinajstić information content (AvgIpc) is 2.28. The third kappa shape index (κ3) is 2.49. The summed E-state index contributed by atoms with van der Waals surface area (Å²) in [7, 11) is 0. The van der Waals surface area contributed by atoms with Crippen LogP contribution in [0.2, 0.25) is 0 Å². The van der Waals surface area contributed by atoms with Crippen molar-refractivity contribution in [1.29, 1.82) is 0 Å². The Bertz CT molecular complexity index is 467. The van der Waals surface area contributed by atoms with E-state index < -0.39 is 42.0 Å². The molecule has 0 aromatic rings. The zero-order valence-corrected chi connectivity index (χ0v) is 11.6. The fourth-order valence-corrected chi connectivity index (χ4v) is 3.02. The standard InChI is InChI=1S/C13H14F6O3/c1-6(2)10(20)21-7-3-4-8-9(5-7)22-11(8,12(14,15)16)13(17,18)19/h7-9H,1,3-5H2,2H3. The van der Waals surface area contributed by atoms with E-state index in [4.69, 9.17) is 4.74 Å². The molecular weight excluding hydrogens is 318 g/mol. The van der Waals surface area contributed by atoms with Gasteiger partial charge in [0.2, 0.25) is 0 Å². The van der Waals surface area contributed by atoms with Crippen LogP contribution in [0.1, 0.15) is 26.2 Å². The van der Waals surface area contributed by atoms with E-state index in [1.807, 2.05) is 0 Å². The Morgan fingerprint density at radius 1 is 1.18 bits per heavy atom. The molecule has 0 aromatic carbocycles. The molecule has 22 heavy (non-hydrogen) atoms. The van der Waals surface area contributed by atoms with E-state index in [2.05, 4.69) is 11.3 Å². The van der Waals surface area contributed by atoms with E-state index in [0.717, 1.165) is 0 Å². The van der Waals surface area contributed by atoms with Gasteiger partial charge in [-0.25, -0.2) is 4.79 Å². The molecule has 0 N–H and O–H groups in total. The quantitative estimate of drug-likeness (QED) is 0.441. The SMILES string of the molecule is C=C(C)C(=O)OC1CCC2C(C1)OC2(C(F)(F)F)C(F)(F)F. The highest BCUT2D eigenvalue weighted by molar-refractivity contribution is 5.87. The summed E-state index contributed by atoms with van der Waals surface area (Å²) in [5.41, 5.74) is -4.00. The van der Waals surface area contributed by atoms with E-state index in [9.17, 15) is 31.1 Å². The number of alkyl halides is 6. The van der Waals surface area contributed by atoms with Crippen molar-refractivity contribution in [3.63, 3.8) is 0 Å². The minimum atomic E-state index is -5.53. The van der Waals surface area contributed by atoms with E-state index in [1.54, 1.807) is 0 Å². The van der Waals surface area contributed by atoms with Crippen molar-refractivity contribution >= 4 is 5.97 Å². The van der Waals surface area contributed by atoms with Crippen LogP contribution in [0.4, 0.5) is 26.3 Å². The normalized spacial score (nSPS) is 31.0. The molecule has 0 aromatic heterocycles. The monoisotopic (exact) mass is 332 g/mol. The smallest absolute Gasteiger partial charge is 0.426 e. The number of ether oxygens (including phenoxy) is 2. The highest BCUT2D eigenvalue weighted by Gasteiger charge is 2.82. The number of carbonyl (C=O) groups excluding carboxylic acids is 1. The molecule has 2 aliphatic rings. The van der Waals surface area contributed by atoms with Crippen molar-refractivity contribution in [3.05, 3.63) is 12.2 Å². The van der Waals surface area contributed by atoms with Crippen LogP contribution in [0.25, 0.3) is 0 Å². The molecule has 9 heteroatoms. The van der Waals surface area contributed by atoms with E-state index >= 15 is 0 Å². The Balaban J connectivity index is 2.09. The molecule has 0 amide bonds. The van der Waals surface area contributed by atoms with Gasteiger partial charge in [-0.1, -0.05) is 6.58 Å². The first kappa shape index (κ1) is 17.1. The lowest BCUT2D eigenvalue weighted by Gasteiger charge is -2.57. The van der Waals surface area contributed by atoms with Gasteiger partial charge in [0.1, 0.15) is 6.10 Å². The van der Waals surface area contributed by atoms with Gasteiger partial charge >= 0.3 is 18.3 Å². The number of halogens is 6. The Labute approximate surface area is 122 Å². The van der Waals surface area contributed by atoms with Crippen LogP contribution < -0.4 is 0 Å². The second kappa shape index (κ2) is 5.14. The number of rotatable bonds is 2. The Morgan fingerprint density at radius 2 is 1.73 bits per heavy atom. The lowest BCUT2D eigenvalue weighted by Crippen LogP contribution is -2.76. The number of fused-ring (bicyclic) bond motifs is 1. The molecule has 3 unspecified atom stereocenters. The van der Waals surface area contributed by atoms with Crippen molar-refractivity contribution < 1.29 is 40.6 Å². The Kier molecular flexibility index (Phi) is 4.00. The van der Waals surface area contributed by atoms with E-state index in [-0.39, 0.29) is 24.8 Å². The molecule has 2 rings (SSSR count). The predicted octanol–water partition coefficient (Wildman–Crippen LogP) is 3.54. The summed E-state index contributed by atoms with van der Waals surface area (Å²) in [6.07, 6.45) is -13.7. The van der Waals surface area contributed by atoms with Gasteiger partial charge in [0.15, 0.2) is 0 Å². The molecule has 1 heterocycles. The molecule has 3 nitrogen and oxygen atoms in total. The topological polar surface area (TPSA) is 35.5 Å². The Hall–Kier alpha value is -1.25. The van der Waals surface area contributed by atoms with E-state index in [1.165, 1.54) is 6.92 Å². The van der Waals surface area contributed by atoms with Gasteiger partial charge in [-0.15, -0.1) is 0 Å². The number of hydrogen-bond acceptors (Lipinski definition) is 3. The summed E-state index contributed by atoms with van der Waals surface area (Å²) < 4.78 is 86.6. The lowest BCUT2D eigenvalue weighted by molar-refractivity contribution is -0.471. The van der Waals surface area contributed by atoms with Crippen LogP contribution in [0, 0.1) is 5.92 Å². The molecule has 2 fully saturated rings. The second-order valence-corrected chi connectivity index (χ2v) is 5.61. The highest BCUT2D eigenvalue weighted by atomic mass is 19.4. The summed E-state index contributed by atoms with van der Waals surface area (Å²) in [6, 6.07) is 0. The zero-order chi connectivity index (χ0) is 16.9. The number of esters is 1. The third-order valence-corrected chi connectivity index (χ3v) is 4.07. The van der Waals surface area contributed by atoms with Crippen molar-refractivity contribution in [3.8, 4) is 0 Å². The van der Waals surface area contributed by atoms with Crippen LogP contribution in [-0.2, 0) is 14.3 Å². The maximum absolute atomic E-state index is 12.9. The highest BCUT2D eigenvalue weighted by Crippen LogP contribution is 2.61. The molecular formula is C13H14F6O3. The fourth-order valence-electron chi connectivity index (χ4n) is 3.02. The summed E-state index contributed by atoms with van der Waals surface area (Å²) in [4.78, 5) is 11.3. The first-order chi connectivity index (χ1) is 9.90. The van der Waals surface area contributed by atoms with Gasteiger partial charge in [0.25, 0.3) is 5.60 Å². The van der Waals surface area contributed by atoms with E-state index in [0.29, 0.717) is 0 Å². The van der Waals surface area contributed by atoms with Crippen molar-refractivity contribution in [2.24, 2.45) is 5.92 Å². The first-order valence-corrected chi connectivity index (χ1v) is 6.58. The van der Waals surface area contributed by atoms with Gasteiger partial charge in [-0.2, -0.15) is 26.3 Å². The van der Waals surface area contributed by atoms with Crippen LogP contribution in [0.15, 0.2) is 12.2 Å². The third-order valence-electron chi connectivity index (χ3n) is 4.07. The van der Waals surface area contributed by atoms with Crippen LogP contribution >= 0.6 is 0 Å². The molecule has 1 saturated carbocycles. The van der Waals surface area contributed by atoms with Crippen molar-refractivity contribution in [2.75, 3.05) is 0 Å². The van der Waals surface area contributed by atoms with Crippen molar-refractivity contribution in [1.82, 2.24) is 0 Å². The minimum absolute atomic E-state index is 0.0720. The molecule has 1 aliphatic heterocycles.